The first-order valence-electron chi connectivity index (χ1n) is 11.1. The van der Waals surface area contributed by atoms with Gasteiger partial charge in [-0.2, -0.15) is 10.2 Å². The number of thiophene rings is 1. The average Bonchev–Trinajstić information content (AvgIpc) is 3.67. The highest BCUT2D eigenvalue weighted by atomic mass is 32.1. The van der Waals surface area contributed by atoms with Crippen molar-refractivity contribution in [2.75, 3.05) is 13.2 Å². The lowest BCUT2D eigenvalue weighted by atomic mass is 10.1. The third kappa shape index (κ3) is 5.28. The molecule has 2 aromatic carbocycles. The zero-order valence-electron chi connectivity index (χ0n) is 18.8. The van der Waals surface area contributed by atoms with Crippen LogP contribution in [0.1, 0.15) is 17.5 Å². The molecule has 0 fully saturated rings. The highest BCUT2D eigenvalue weighted by molar-refractivity contribution is 7.13. The smallest absolute Gasteiger partial charge is 0.331 e. The Hall–Kier alpha value is -4.30. The van der Waals surface area contributed by atoms with Gasteiger partial charge in [0.25, 0.3) is 5.91 Å². The second-order valence-electron chi connectivity index (χ2n) is 7.81. The van der Waals surface area contributed by atoms with Crippen LogP contribution in [0.4, 0.5) is 0 Å². The molecule has 2 aromatic heterocycles. The number of ether oxygens (including phenoxy) is 1. The lowest BCUT2D eigenvalue weighted by molar-refractivity contribution is -0.147. The average molecular weight is 483 g/mol. The van der Waals surface area contributed by atoms with Gasteiger partial charge in [-0.25, -0.2) is 14.5 Å². The number of esters is 1. The van der Waals surface area contributed by atoms with Crippen LogP contribution in [0.3, 0.4) is 0 Å². The minimum atomic E-state index is -0.602. The molecule has 8 heteroatoms. The van der Waals surface area contributed by atoms with Crippen molar-refractivity contribution in [2.24, 2.45) is 5.10 Å². The summed E-state index contributed by atoms with van der Waals surface area (Å²) in [6.07, 6.45) is 5.51. The summed E-state index contributed by atoms with van der Waals surface area (Å²) < 4.78 is 6.97. The molecule has 5 rings (SSSR count). The number of amides is 1. The van der Waals surface area contributed by atoms with Crippen LogP contribution in [0, 0.1) is 0 Å². The van der Waals surface area contributed by atoms with E-state index < -0.39 is 5.97 Å². The molecular weight excluding hydrogens is 460 g/mol. The molecule has 0 radical (unpaired) electrons. The van der Waals surface area contributed by atoms with Crippen molar-refractivity contribution in [3.8, 4) is 16.3 Å². The van der Waals surface area contributed by atoms with E-state index in [1.165, 1.54) is 11.1 Å². The van der Waals surface area contributed by atoms with Crippen LogP contribution in [0.2, 0.25) is 0 Å². The molecule has 7 nitrogen and oxygen atoms in total. The van der Waals surface area contributed by atoms with Crippen molar-refractivity contribution in [1.82, 2.24) is 14.8 Å². The molecule has 0 bridgehead atoms. The first kappa shape index (κ1) is 22.5. The molecular formula is C27H22N4O3S. The summed E-state index contributed by atoms with van der Waals surface area (Å²) in [5, 5.41) is 12.4. The van der Waals surface area contributed by atoms with E-state index in [1.54, 1.807) is 22.1 Å². The Balaban J connectivity index is 1.24. The zero-order chi connectivity index (χ0) is 24.0. The monoisotopic (exact) mass is 482 g/mol. The molecule has 0 N–H and O–H groups in total. The molecule has 1 aliphatic heterocycles. The molecule has 0 saturated carbocycles. The number of hydrazone groups is 1. The fourth-order valence-electron chi connectivity index (χ4n) is 3.71. The molecule has 3 heterocycles. The second kappa shape index (κ2) is 10.3. The third-order valence-corrected chi connectivity index (χ3v) is 6.33. The Morgan fingerprint density at radius 2 is 1.77 bits per heavy atom. The van der Waals surface area contributed by atoms with Crippen LogP contribution in [0.15, 0.2) is 95.6 Å². The molecule has 174 valence electrons. The van der Waals surface area contributed by atoms with E-state index in [0.717, 1.165) is 33.1 Å². The van der Waals surface area contributed by atoms with E-state index >= 15 is 0 Å². The predicted octanol–water partition coefficient (Wildman–Crippen LogP) is 4.79. The number of carbonyl (C=O) groups excluding carboxylic acids is 2. The summed E-state index contributed by atoms with van der Waals surface area (Å²) in [5.74, 6) is -0.955. The fourth-order valence-corrected chi connectivity index (χ4v) is 4.44. The van der Waals surface area contributed by atoms with Gasteiger partial charge in [0.05, 0.1) is 22.8 Å². The maximum atomic E-state index is 12.5. The number of nitrogens with zero attached hydrogens (tertiary/aromatic N) is 4. The minimum absolute atomic E-state index is 0.353. The first-order valence-corrected chi connectivity index (χ1v) is 12.0. The van der Waals surface area contributed by atoms with Crippen LogP contribution in [-0.2, 0) is 14.3 Å². The van der Waals surface area contributed by atoms with E-state index in [2.05, 4.69) is 5.10 Å². The number of rotatable bonds is 7. The largest absolute Gasteiger partial charge is 0.452 e. The third-order valence-electron chi connectivity index (χ3n) is 5.45. The van der Waals surface area contributed by atoms with Crippen molar-refractivity contribution in [3.63, 3.8) is 0 Å². The van der Waals surface area contributed by atoms with Gasteiger partial charge in [-0.1, -0.05) is 54.6 Å². The molecule has 0 unspecified atom stereocenters. The van der Waals surface area contributed by atoms with Gasteiger partial charge < -0.3 is 4.74 Å². The number of hydrogen-bond donors (Lipinski definition) is 0. The number of benzene rings is 2. The predicted molar refractivity (Wildman–Crippen MR) is 136 cm³/mol. The van der Waals surface area contributed by atoms with Gasteiger partial charge in [0.1, 0.15) is 5.69 Å². The first-order chi connectivity index (χ1) is 17.2. The van der Waals surface area contributed by atoms with Crippen molar-refractivity contribution < 1.29 is 14.3 Å². The quantitative estimate of drug-likeness (QED) is 0.280. The van der Waals surface area contributed by atoms with E-state index in [0.29, 0.717) is 13.0 Å². The highest BCUT2D eigenvalue weighted by Crippen LogP contribution is 2.28. The van der Waals surface area contributed by atoms with Crippen LogP contribution < -0.4 is 0 Å². The number of aromatic nitrogens is 2. The zero-order valence-corrected chi connectivity index (χ0v) is 19.6. The maximum Gasteiger partial charge on any atom is 0.331 e. The summed E-state index contributed by atoms with van der Waals surface area (Å²) >= 11 is 1.57. The molecule has 0 saturated heterocycles. The van der Waals surface area contributed by atoms with Crippen LogP contribution >= 0.6 is 11.3 Å². The van der Waals surface area contributed by atoms with Gasteiger partial charge in [0.15, 0.2) is 6.61 Å². The van der Waals surface area contributed by atoms with Crippen LogP contribution in [0.5, 0.6) is 0 Å². The standard InChI is InChI=1S/C27H22N4O3S/c32-25(30-16-15-23(28-30)20-8-3-1-4-9-20)19-34-26(33)14-13-21-18-31(22-10-5-2-6-11-22)29-27(21)24-12-7-17-35-24/h1-14,17-18H,15-16,19H2. The highest BCUT2D eigenvalue weighted by Gasteiger charge is 2.22. The Morgan fingerprint density at radius 1 is 1.00 bits per heavy atom. The number of carbonyl (C=O) groups is 2. The van der Waals surface area contributed by atoms with E-state index in [1.807, 2.05) is 84.4 Å². The molecule has 0 spiro atoms. The topological polar surface area (TPSA) is 76.8 Å². The van der Waals surface area contributed by atoms with Crippen molar-refractivity contribution in [3.05, 3.63) is 102 Å². The minimum Gasteiger partial charge on any atom is -0.452 e. The summed E-state index contributed by atoms with van der Waals surface area (Å²) in [6.45, 7) is 0.106. The normalized spacial score (nSPS) is 13.3. The van der Waals surface area contributed by atoms with E-state index in [-0.39, 0.29) is 12.5 Å². The van der Waals surface area contributed by atoms with Gasteiger partial charge >= 0.3 is 5.97 Å². The van der Waals surface area contributed by atoms with E-state index in [4.69, 9.17) is 9.84 Å². The van der Waals surface area contributed by atoms with Crippen molar-refractivity contribution >= 4 is 35.0 Å². The Bertz CT molecular complexity index is 1380. The second-order valence-corrected chi connectivity index (χ2v) is 8.76. The fraction of sp³-hybridized carbons (Fsp3) is 0.111. The summed E-state index contributed by atoms with van der Waals surface area (Å²) in [6, 6.07) is 23.4. The lowest BCUT2D eigenvalue weighted by Crippen LogP contribution is -2.28. The molecule has 35 heavy (non-hydrogen) atoms. The van der Waals surface area contributed by atoms with Gasteiger partial charge in [-0.15, -0.1) is 11.3 Å². The van der Waals surface area contributed by atoms with Gasteiger partial charge in [-0.3, -0.25) is 4.79 Å². The summed E-state index contributed by atoms with van der Waals surface area (Å²) in [5.41, 5.74) is 4.29. The summed E-state index contributed by atoms with van der Waals surface area (Å²) in [4.78, 5) is 25.8. The molecule has 0 aliphatic carbocycles. The van der Waals surface area contributed by atoms with Crippen molar-refractivity contribution in [2.45, 2.75) is 6.42 Å². The number of para-hydroxylation sites is 1. The van der Waals surface area contributed by atoms with Gasteiger partial charge in [0.2, 0.25) is 0 Å². The van der Waals surface area contributed by atoms with Gasteiger partial charge in [-0.05, 0) is 35.2 Å². The molecule has 1 amide bonds. The van der Waals surface area contributed by atoms with Crippen LogP contribution in [0.25, 0.3) is 22.3 Å². The Labute approximate surface area is 206 Å². The Morgan fingerprint density at radius 3 is 2.51 bits per heavy atom. The molecule has 1 aliphatic rings. The summed E-state index contributed by atoms with van der Waals surface area (Å²) in [7, 11) is 0. The molecule has 4 aromatic rings. The maximum absolute atomic E-state index is 12.5. The van der Waals surface area contributed by atoms with Gasteiger partial charge in [0, 0.05) is 24.3 Å². The lowest BCUT2D eigenvalue weighted by Gasteiger charge is -2.10. The Kier molecular flexibility index (Phi) is 6.63. The van der Waals surface area contributed by atoms with Crippen molar-refractivity contribution in [1.29, 1.82) is 0 Å². The van der Waals surface area contributed by atoms with E-state index in [9.17, 15) is 9.59 Å². The SMILES string of the molecule is O=C(C=Cc1cn(-c2ccccc2)nc1-c1cccs1)OCC(=O)N1CCC(c2ccccc2)=N1. The molecule has 0 atom stereocenters. The number of hydrogen-bond acceptors (Lipinski definition) is 6. The van der Waals surface area contributed by atoms with Crippen LogP contribution in [-0.4, -0.2) is 45.5 Å².